The molecule has 0 spiro atoms. The lowest BCUT2D eigenvalue weighted by atomic mass is 10.0. The molecule has 37 heteroatoms. The molecule has 13 heterocycles. The minimum atomic E-state index is -0.787. The van der Waals surface area contributed by atoms with Crippen molar-refractivity contribution in [1.82, 2.24) is 70.4 Å². The van der Waals surface area contributed by atoms with Crippen LogP contribution in [0.1, 0.15) is 145 Å². The van der Waals surface area contributed by atoms with Crippen LogP contribution < -0.4 is 40.4 Å². The largest absolute Gasteiger partial charge is 0.444 e. The first-order valence-corrected chi connectivity index (χ1v) is 43.0. The number of carbonyl (C=O) groups excluding carboxylic acids is 3. The van der Waals surface area contributed by atoms with Gasteiger partial charge >= 0.3 is 18.3 Å². The van der Waals surface area contributed by atoms with Crippen molar-refractivity contribution >= 4 is 116 Å². The molecule has 3 amide bonds. The molecule has 3 N–H and O–H groups in total. The molecular formula is C85H129Cl4F7IN19O6. The number of piperidine rings is 1. The highest BCUT2D eigenvalue weighted by Gasteiger charge is 2.34. The van der Waals surface area contributed by atoms with E-state index in [1.807, 2.05) is 115 Å². The first-order chi connectivity index (χ1) is 56.2. The standard InChI is InChI=1S/C15H21ClFN3O2.C15H22FN3O2.C11H14ClFIN3.C11H15ClFN3.C11H14ClFN2.C10H20N2O2.C5H3F2N.C5H12N2.2CH4/c1-10-9-19(14(21)22-15(2,3)4)7-8-20(10)12-6-5-11(16)13(17)18-12;1-11-10-18(14(20)21-15(2,3)4)8-9-19(11)13-7-5-6-12(16)17-13;1-7-6-16(2)3-4-17(7)9-5-8(14)10(12)11(13)15-9;1-8-7-15(2)5-6-16(8)10-4-3-9(12)11(13)14-10;1-8-4-2-3-7-15(8)10-6-5-9(12)11(13)14-10;1-8-7-12(6-5-11-8)9(13)14-10(2,3)4;6-4-2-1-3-5(7)8-4;1-5-4-6-2-3-7-5;;/h5-6,10H,7-9H2,1-4H3;5-7,11H,8-10H2,1-4H3;5,7H,3-4,6H2,1-2H3;3-4,8H,5-7H2,1-2H3;5-6,8H,2-4,7H2,1H3;8,11H,5-7H2,1-4H3;1-3H;5-7H,2-4H2,1H3;2*1H4/t10-;11-;7-;3*8-;;5-;;/m000000.0../s1. The van der Waals surface area contributed by atoms with E-state index in [9.17, 15) is 45.1 Å². The second-order valence-electron chi connectivity index (χ2n) is 33.4. The van der Waals surface area contributed by atoms with E-state index in [1.165, 1.54) is 24.6 Å². The Kier molecular flexibility index (Phi) is 44.7. The van der Waals surface area contributed by atoms with Gasteiger partial charge in [0.05, 0.1) is 15.1 Å². The first kappa shape index (κ1) is 107. The van der Waals surface area contributed by atoms with Crippen molar-refractivity contribution in [3.8, 4) is 0 Å². The summed E-state index contributed by atoms with van der Waals surface area (Å²) in [7, 11) is 4.18. The number of pyridine rings is 6. The van der Waals surface area contributed by atoms with Gasteiger partial charge in [0.25, 0.3) is 0 Å². The zero-order chi connectivity index (χ0) is 89.1. The van der Waals surface area contributed by atoms with E-state index < -0.39 is 58.4 Å². The molecule has 7 aliphatic rings. The third-order valence-corrected chi connectivity index (χ3v) is 21.7. The summed E-state index contributed by atoms with van der Waals surface area (Å²) >= 11 is 24.7. The second-order valence-corrected chi connectivity index (χ2v) is 36.2. The summed E-state index contributed by atoms with van der Waals surface area (Å²) < 4.78 is 107. The van der Waals surface area contributed by atoms with Crippen molar-refractivity contribution in [2.24, 2.45) is 0 Å². The number of rotatable bonds is 5. The number of anilines is 5. The molecule has 7 fully saturated rings. The molecule has 25 nitrogen and oxygen atoms in total. The minimum absolute atomic E-state index is 0. The summed E-state index contributed by atoms with van der Waals surface area (Å²) in [6.45, 7) is 46.8. The third-order valence-electron chi connectivity index (χ3n) is 19.4. The van der Waals surface area contributed by atoms with Crippen molar-refractivity contribution in [3.63, 3.8) is 0 Å². The van der Waals surface area contributed by atoms with Gasteiger partial charge in [-0.3, -0.25) is 0 Å². The van der Waals surface area contributed by atoms with Gasteiger partial charge < -0.3 is 79.2 Å². The molecule has 0 unspecified atom stereocenters. The molecule has 122 heavy (non-hydrogen) atoms. The van der Waals surface area contributed by atoms with Crippen LogP contribution in [0.4, 0.5) is 74.2 Å². The number of carbonyl (C=O) groups is 3. The predicted octanol–water partition coefficient (Wildman–Crippen LogP) is 17.3. The van der Waals surface area contributed by atoms with Gasteiger partial charge in [-0.15, -0.1) is 0 Å². The maximum atomic E-state index is 13.5. The number of piperazine rings is 6. The molecular weight excluding hydrogens is 1780 g/mol. The fourth-order valence-corrected chi connectivity index (χ4v) is 14.4. The molecule has 7 aliphatic heterocycles. The fourth-order valence-electron chi connectivity index (χ4n) is 13.4. The summed E-state index contributed by atoms with van der Waals surface area (Å²) in [5, 5.41) is 10.1. The van der Waals surface area contributed by atoms with Crippen LogP contribution in [0.25, 0.3) is 0 Å². The van der Waals surface area contributed by atoms with E-state index in [0.717, 1.165) is 110 Å². The van der Waals surface area contributed by atoms with Crippen molar-refractivity contribution in [2.45, 2.75) is 204 Å². The summed E-state index contributed by atoms with van der Waals surface area (Å²) in [4.78, 5) is 78.1. The van der Waals surface area contributed by atoms with Crippen LogP contribution in [0.15, 0.2) is 78.9 Å². The molecule has 0 bridgehead atoms. The van der Waals surface area contributed by atoms with Crippen LogP contribution in [0, 0.1) is 45.2 Å². The number of aromatic nitrogens is 6. The normalized spacial score (nSPS) is 20.7. The lowest BCUT2D eigenvalue weighted by Crippen LogP contribution is -2.54. The average Bonchev–Trinajstić information content (AvgIpc) is 0.813. The Hall–Kier alpha value is -7.09. The molecule has 13 rings (SSSR count). The van der Waals surface area contributed by atoms with Gasteiger partial charge in [0.2, 0.25) is 41.6 Å². The Morgan fingerprint density at radius 1 is 0.402 bits per heavy atom. The molecule has 6 aromatic heterocycles. The monoisotopic (exact) mass is 1910 g/mol. The van der Waals surface area contributed by atoms with Gasteiger partial charge in [0.15, 0.2) is 0 Å². The number of nitrogens with zero attached hydrogens (tertiary/aromatic N) is 16. The van der Waals surface area contributed by atoms with Gasteiger partial charge in [0.1, 0.15) is 50.9 Å². The molecule has 0 saturated carbocycles. The van der Waals surface area contributed by atoms with Crippen LogP contribution in [0.5, 0.6) is 0 Å². The molecule has 7 saturated heterocycles. The van der Waals surface area contributed by atoms with E-state index >= 15 is 0 Å². The second kappa shape index (κ2) is 50.9. The number of halogens is 12. The molecule has 0 aromatic carbocycles. The number of nitrogens with one attached hydrogen (secondary N) is 3. The molecule has 7 atom stereocenters. The van der Waals surface area contributed by atoms with E-state index in [0.29, 0.717) is 102 Å². The van der Waals surface area contributed by atoms with Gasteiger partial charge in [-0.05, 0) is 233 Å². The van der Waals surface area contributed by atoms with Crippen molar-refractivity contribution in [1.29, 1.82) is 0 Å². The zero-order valence-electron chi connectivity index (χ0n) is 72.2. The highest BCUT2D eigenvalue weighted by molar-refractivity contribution is 14.1. The van der Waals surface area contributed by atoms with Gasteiger partial charge in [-0.1, -0.05) is 73.4 Å². The minimum Gasteiger partial charge on any atom is -0.444 e. The van der Waals surface area contributed by atoms with E-state index in [1.54, 1.807) is 57.2 Å². The van der Waals surface area contributed by atoms with E-state index in [-0.39, 0.29) is 65.3 Å². The van der Waals surface area contributed by atoms with Crippen molar-refractivity contribution in [3.05, 3.63) is 144 Å². The van der Waals surface area contributed by atoms with Crippen LogP contribution in [0.2, 0.25) is 20.1 Å². The van der Waals surface area contributed by atoms with Crippen LogP contribution >= 0.6 is 69.0 Å². The third kappa shape index (κ3) is 36.8. The van der Waals surface area contributed by atoms with E-state index in [2.05, 4.69) is 119 Å². The fraction of sp³-hybridized carbons (Fsp3) is 0.612. The topological polar surface area (TPSA) is 225 Å². The highest BCUT2D eigenvalue weighted by Crippen LogP contribution is 2.30. The Labute approximate surface area is 752 Å². The summed E-state index contributed by atoms with van der Waals surface area (Å²) in [6, 6.07) is 22.1. The van der Waals surface area contributed by atoms with Gasteiger partial charge in [-0.25, -0.2) is 39.3 Å². The molecule has 0 radical (unpaired) electrons. The quantitative estimate of drug-likeness (QED) is 0.0631. The number of hydrogen-bond donors (Lipinski definition) is 3. The highest BCUT2D eigenvalue weighted by atomic mass is 127. The summed E-state index contributed by atoms with van der Waals surface area (Å²) in [5.74, 6) is -1.32. The first-order valence-electron chi connectivity index (χ1n) is 40.4. The average molecular weight is 1910 g/mol. The van der Waals surface area contributed by atoms with Crippen LogP contribution in [0.3, 0.4) is 0 Å². The maximum Gasteiger partial charge on any atom is 0.410 e. The number of amides is 3. The number of hydrogen-bond acceptors (Lipinski definition) is 22. The number of ether oxygens (including phenoxy) is 3. The maximum absolute atomic E-state index is 13.5. The zero-order valence-corrected chi connectivity index (χ0v) is 77.4. The Balaban J connectivity index is 0.000000297. The molecule has 684 valence electrons. The van der Waals surface area contributed by atoms with Crippen LogP contribution in [-0.4, -0.2) is 270 Å². The summed E-state index contributed by atoms with van der Waals surface area (Å²) in [6.07, 6.45) is 2.71. The van der Waals surface area contributed by atoms with Gasteiger partial charge in [0, 0.05) is 170 Å². The Bertz CT molecular complexity index is 4170. The smallest absolute Gasteiger partial charge is 0.410 e. The predicted molar refractivity (Wildman–Crippen MR) is 485 cm³/mol. The molecule has 0 aliphatic carbocycles. The Morgan fingerprint density at radius 3 is 1.09 bits per heavy atom. The molecule has 6 aromatic rings. The lowest BCUT2D eigenvalue weighted by molar-refractivity contribution is 0.0195. The lowest BCUT2D eigenvalue weighted by Gasteiger charge is -2.40. The number of likely N-dealkylation sites (N-methyl/N-ethyl adjacent to an activating group) is 2. The SMILES string of the molecule is C.C.C[C@H]1CCCCN1c1ccc(Cl)c(F)n1.C[C@H]1CN(C(=O)OC(C)(C)C)CCN1.C[C@H]1CN(C(=O)OC(C)(C)C)CCN1c1ccc(Cl)c(F)n1.C[C@H]1CN(C(=O)OC(C)(C)C)CCN1c1cccc(F)n1.C[C@H]1CN(C)CCN1c1cc(I)c(Cl)c(F)n1.C[C@H]1CN(C)CCN1c1ccc(Cl)c(F)n1.C[C@H]1CNCCN1.Fc1cccc(F)n1. The van der Waals surface area contributed by atoms with Crippen molar-refractivity contribution < 1.29 is 59.3 Å². The van der Waals surface area contributed by atoms with E-state index in [4.69, 9.17) is 60.6 Å². The Morgan fingerprint density at radius 2 is 0.762 bits per heavy atom. The van der Waals surface area contributed by atoms with Crippen molar-refractivity contribution in [2.75, 3.05) is 163 Å². The summed E-state index contributed by atoms with van der Waals surface area (Å²) in [5.41, 5.74) is -1.41. The van der Waals surface area contributed by atoms with Gasteiger partial charge in [-0.2, -0.15) is 35.7 Å². The van der Waals surface area contributed by atoms with Crippen LogP contribution in [-0.2, 0) is 14.2 Å².